The number of ether oxygens (including phenoxy) is 1. The van der Waals surface area contributed by atoms with Gasteiger partial charge in [0.25, 0.3) is 0 Å². The van der Waals surface area contributed by atoms with Crippen molar-refractivity contribution in [2.45, 2.75) is 78.9 Å². The van der Waals surface area contributed by atoms with Crippen LogP contribution in [0.4, 0.5) is 0 Å². The van der Waals surface area contributed by atoms with Crippen molar-refractivity contribution >= 4 is 16.3 Å². The van der Waals surface area contributed by atoms with Gasteiger partial charge in [-0.3, -0.25) is 0 Å². The molecular weight excluding hydrogens is 394 g/mol. The van der Waals surface area contributed by atoms with Crippen molar-refractivity contribution in [3.8, 4) is 0 Å². The lowest BCUT2D eigenvalue weighted by atomic mass is 9.58. The molecule has 1 aliphatic carbocycles. The number of benzene rings is 1. The lowest BCUT2D eigenvalue weighted by Gasteiger charge is -2.53. The summed E-state index contributed by atoms with van der Waals surface area (Å²) in [6.45, 7) is 14.9. The van der Waals surface area contributed by atoms with Crippen LogP contribution in [0.2, 0.25) is 0 Å². The highest BCUT2D eigenvalue weighted by molar-refractivity contribution is 5.98. The molecule has 3 heteroatoms. The molecule has 1 N–H and O–H groups in total. The summed E-state index contributed by atoms with van der Waals surface area (Å²) in [5, 5.41) is 14.3. The molecule has 3 nitrogen and oxygen atoms in total. The standard InChI is InChI=1S/C29H40NO2/c1-10-14-19(5)15-16-22(11-2)26-23-18-20(6)17-21(7)24(23)25-27(30(26)8)29(13-4,32-9)28(25,31)12-3/h10,14-18,31H,11-13H2,1-9H3/q+1/b14-10-,19-15+,22-16+. The number of aryl methyl sites for hydroxylation is 2. The maximum absolute atomic E-state index is 11.9. The monoisotopic (exact) mass is 434 g/mol. The summed E-state index contributed by atoms with van der Waals surface area (Å²) < 4.78 is 8.43. The van der Waals surface area contributed by atoms with Crippen molar-refractivity contribution in [1.82, 2.24) is 0 Å². The molecule has 0 bridgehead atoms. The van der Waals surface area contributed by atoms with E-state index in [1.54, 1.807) is 7.11 Å². The van der Waals surface area contributed by atoms with Crippen LogP contribution >= 0.6 is 0 Å². The molecule has 2 aromatic rings. The van der Waals surface area contributed by atoms with Crippen molar-refractivity contribution in [1.29, 1.82) is 0 Å². The molecule has 1 aromatic carbocycles. The highest BCUT2D eigenvalue weighted by Gasteiger charge is 2.69. The summed E-state index contributed by atoms with van der Waals surface area (Å²) in [5.74, 6) is 0. The van der Waals surface area contributed by atoms with Crippen LogP contribution in [0.5, 0.6) is 0 Å². The molecule has 1 aliphatic rings. The summed E-state index contributed by atoms with van der Waals surface area (Å²) in [4.78, 5) is 0. The zero-order valence-corrected chi connectivity index (χ0v) is 21.4. The number of allylic oxidation sites excluding steroid dienone is 6. The zero-order valence-electron chi connectivity index (χ0n) is 21.4. The van der Waals surface area contributed by atoms with Crippen molar-refractivity contribution in [3.05, 3.63) is 70.1 Å². The van der Waals surface area contributed by atoms with Crippen molar-refractivity contribution < 1.29 is 14.4 Å². The first-order valence-electron chi connectivity index (χ1n) is 11.9. The highest BCUT2D eigenvalue weighted by Crippen LogP contribution is 2.60. The predicted molar refractivity (Wildman–Crippen MR) is 135 cm³/mol. The Balaban J connectivity index is 2.52. The van der Waals surface area contributed by atoms with E-state index < -0.39 is 11.2 Å². The van der Waals surface area contributed by atoms with Crippen LogP contribution < -0.4 is 4.57 Å². The van der Waals surface area contributed by atoms with E-state index in [4.69, 9.17) is 4.74 Å². The van der Waals surface area contributed by atoms with Gasteiger partial charge >= 0.3 is 0 Å². The molecule has 0 radical (unpaired) electrons. The van der Waals surface area contributed by atoms with Gasteiger partial charge in [0, 0.05) is 18.1 Å². The summed E-state index contributed by atoms with van der Waals surface area (Å²) in [6.07, 6.45) is 10.9. The predicted octanol–water partition coefficient (Wildman–Crippen LogP) is 6.46. The number of methoxy groups -OCH3 is 1. The largest absolute Gasteiger partial charge is 0.381 e. The minimum Gasteiger partial charge on any atom is -0.381 e. The number of aliphatic hydroxyl groups is 1. The molecule has 3 rings (SSSR count). The number of aromatic nitrogens is 1. The molecular formula is C29H40NO2+. The van der Waals surface area contributed by atoms with Gasteiger partial charge in [0.05, 0.1) is 10.9 Å². The van der Waals surface area contributed by atoms with E-state index in [1.807, 2.05) is 6.92 Å². The Bertz CT molecular complexity index is 1130. The molecule has 0 spiro atoms. The normalized spacial score (nSPS) is 23.7. The average Bonchev–Trinajstić information content (AvgIpc) is 2.75. The van der Waals surface area contributed by atoms with Gasteiger partial charge in [-0.05, 0) is 64.2 Å². The van der Waals surface area contributed by atoms with Crippen LogP contribution in [-0.4, -0.2) is 12.2 Å². The van der Waals surface area contributed by atoms with Crippen molar-refractivity contribution in [3.63, 3.8) is 0 Å². The molecule has 1 heterocycles. The minimum absolute atomic E-state index is 0.616. The Morgan fingerprint density at radius 3 is 2.34 bits per heavy atom. The molecule has 0 saturated heterocycles. The van der Waals surface area contributed by atoms with Crippen LogP contribution in [0.3, 0.4) is 0 Å². The Hall–Kier alpha value is -2.23. The molecule has 0 aliphatic heterocycles. The van der Waals surface area contributed by atoms with E-state index in [0.29, 0.717) is 6.42 Å². The average molecular weight is 435 g/mol. The van der Waals surface area contributed by atoms with Crippen LogP contribution in [0.1, 0.15) is 82.0 Å². The van der Waals surface area contributed by atoms with E-state index in [-0.39, 0.29) is 0 Å². The summed E-state index contributed by atoms with van der Waals surface area (Å²) in [6, 6.07) is 4.51. The van der Waals surface area contributed by atoms with Crippen LogP contribution in [-0.2, 0) is 23.0 Å². The first kappa shape index (κ1) is 24.4. The second-order valence-electron chi connectivity index (χ2n) is 9.19. The second-order valence-corrected chi connectivity index (χ2v) is 9.19. The van der Waals surface area contributed by atoms with Gasteiger partial charge in [0.1, 0.15) is 12.6 Å². The quantitative estimate of drug-likeness (QED) is 0.401. The van der Waals surface area contributed by atoms with Gasteiger partial charge in [0.15, 0.2) is 5.60 Å². The molecule has 172 valence electrons. The van der Waals surface area contributed by atoms with Gasteiger partial charge < -0.3 is 9.84 Å². The number of hydrogen-bond donors (Lipinski definition) is 1. The van der Waals surface area contributed by atoms with Gasteiger partial charge in [-0.15, -0.1) is 0 Å². The molecule has 2 unspecified atom stereocenters. The summed E-state index contributed by atoms with van der Waals surface area (Å²) in [7, 11) is 3.87. The fraction of sp³-hybridized carbons (Fsp3) is 0.483. The molecule has 2 atom stereocenters. The number of hydrogen-bond acceptors (Lipinski definition) is 2. The Labute approximate surface area is 194 Å². The van der Waals surface area contributed by atoms with Crippen LogP contribution in [0.15, 0.2) is 42.0 Å². The highest BCUT2D eigenvalue weighted by atomic mass is 16.5. The third-order valence-corrected chi connectivity index (χ3v) is 7.38. The number of rotatable bonds is 7. The third kappa shape index (κ3) is 3.29. The number of pyridine rings is 1. The van der Waals surface area contributed by atoms with Crippen LogP contribution in [0.25, 0.3) is 16.3 Å². The molecule has 32 heavy (non-hydrogen) atoms. The lowest BCUT2D eigenvalue weighted by Crippen LogP contribution is -2.66. The topological polar surface area (TPSA) is 33.3 Å². The Kier molecular flexibility index (Phi) is 6.83. The zero-order chi connectivity index (χ0) is 23.8. The van der Waals surface area contributed by atoms with E-state index in [1.165, 1.54) is 38.7 Å². The molecule has 0 saturated carbocycles. The third-order valence-electron chi connectivity index (χ3n) is 7.38. The molecule has 0 amide bonds. The van der Waals surface area contributed by atoms with Crippen LogP contribution in [0, 0.1) is 13.8 Å². The summed E-state index contributed by atoms with van der Waals surface area (Å²) in [5.41, 5.74) is 6.60. The summed E-state index contributed by atoms with van der Waals surface area (Å²) >= 11 is 0. The van der Waals surface area contributed by atoms with Crippen molar-refractivity contribution in [2.75, 3.05) is 7.11 Å². The Morgan fingerprint density at radius 2 is 1.81 bits per heavy atom. The fourth-order valence-corrected chi connectivity index (χ4v) is 5.91. The first-order chi connectivity index (χ1) is 15.2. The first-order valence-corrected chi connectivity index (χ1v) is 11.9. The smallest absolute Gasteiger partial charge is 0.224 e. The van der Waals surface area contributed by atoms with Gasteiger partial charge in [-0.25, -0.2) is 0 Å². The van der Waals surface area contributed by atoms with Gasteiger partial charge in [0.2, 0.25) is 11.4 Å². The van der Waals surface area contributed by atoms with E-state index in [9.17, 15) is 5.11 Å². The van der Waals surface area contributed by atoms with E-state index >= 15 is 0 Å². The van der Waals surface area contributed by atoms with E-state index in [2.05, 4.69) is 89.6 Å². The second kappa shape index (κ2) is 8.96. The van der Waals surface area contributed by atoms with Gasteiger partial charge in [-0.1, -0.05) is 56.7 Å². The maximum atomic E-state index is 11.9. The van der Waals surface area contributed by atoms with Gasteiger partial charge in [-0.2, -0.15) is 4.57 Å². The SMILES string of the molecule is C\C=C/C(C)=C/C=C(\CC)c1c2cc(C)cc(C)c2c2c([n+]1C)C(CC)(OC)C2(O)CC. The minimum atomic E-state index is -1.00. The number of nitrogens with zero attached hydrogens (tertiary/aromatic N) is 1. The maximum Gasteiger partial charge on any atom is 0.224 e. The fourth-order valence-electron chi connectivity index (χ4n) is 5.91. The Morgan fingerprint density at radius 1 is 1.12 bits per heavy atom. The molecule has 0 fully saturated rings. The van der Waals surface area contributed by atoms with Crippen molar-refractivity contribution in [2.24, 2.45) is 7.05 Å². The number of fused-ring (bicyclic) bond motifs is 3. The molecule has 1 aromatic heterocycles. The lowest BCUT2D eigenvalue weighted by molar-refractivity contribution is -0.695. The van der Waals surface area contributed by atoms with E-state index in [0.717, 1.165) is 24.1 Å².